The molecule has 0 radical (unpaired) electrons. The highest BCUT2D eigenvalue weighted by Crippen LogP contribution is 2.15. The van der Waals surface area contributed by atoms with Crippen LogP contribution in [0, 0.1) is 18.3 Å². The zero-order valence-corrected chi connectivity index (χ0v) is 8.21. The van der Waals surface area contributed by atoms with Gasteiger partial charge in [-0.05, 0) is 38.3 Å². The predicted molar refractivity (Wildman–Crippen MR) is 54.3 cm³/mol. The van der Waals surface area contributed by atoms with Gasteiger partial charge >= 0.3 is 0 Å². The third-order valence-corrected chi connectivity index (χ3v) is 2.66. The standard InChI is InChI=1S/C11H19NO/c1-2-3-4-7-12-8-5-6-11(9-12)10-13/h1,11,13H,3-10H2. The SMILES string of the molecule is C#CCCCN1CCCC(CO)C1. The molecule has 0 saturated carbocycles. The molecule has 2 nitrogen and oxygen atoms in total. The van der Waals surface area contributed by atoms with E-state index in [0.29, 0.717) is 12.5 Å². The third-order valence-electron chi connectivity index (χ3n) is 2.66. The normalized spacial score (nSPS) is 24.2. The molecule has 1 aliphatic heterocycles. The summed E-state index contributed by atoms with van der Waals surface area (Å²) in [7, 11) is 0. The van der Waals surface area contributed by atoms with Crippen molar-refractivity contribution in [3.8, 4) is 12.3 Å². The Hall–Kier alpha value is -0.520. The Morgan fingerprint density at radius 2 is 2.38 bits per heavy atom. The second-order valence-corrected chi connectivity index (χ2v) is 3.80. The summed E-state index contributed by atoms with van der Waals surface area (Å²) in [6.07, 6.45) is 9.56. The van der Waals surface area contributed by atoms with Crippen LogP contribution in [-0.4, -0.2) is 36.2 Å². The van der Waals surface area contributed by atoms with Crippen molar-refractivity contribution in [2.45, 2.75) is 25.7 Å². The van der Waals surface area contributed by atoms with Crippen molar-refractivity contribution < 1.29 is 5.11 Å². The molecular weight excluding hydrogens is 162 g/mol. The topological polar surface area (TPSA) is 23.5 Å². The highest BCUT2D eigenvalue weighted by atomic mass is 16.3. The molecule has 0 aromatic carbocycles. The second-order valence-electron chi connectivity index (χ2n) is 3.80. The highest BCUT2D eigenvalue weighted by Gasteiger charge is 2.17. The molecule has 0 bridgehead atoms. The van der Waals surface area contributed by atoms with Gasteiger partial charge in [-0.25, -0.2) is 0 Å². The van der Waals surface area contributed by atoms with E-state index < -0.39 is 0 Å². The van der Waals surface area contributed by atoms with E-state index in [0.717, 1.165) is 25.9 Å². The van der Waals surface area contributed by atoms with Gasteiger partial charge in [-0.2, -0.15) is 0 Å². The molecule has 1 N–H and O–H groups in total. The molecule has 1 saturated heterocycles. The third kappa shape index (κ3) is 3.80. The Morgan fingerprint density at radius 3 is 3.08 bits per heavy atom. The van der Waals surface area contributed by atoms with Crippen LogP contribution in [-0.2, 0) is 0 Å². The van der Waals surface area contributed by atoms with E-state index in [9.17, 15) is 0 Å². The lowest BCUT2D eigenvalue weighted by atomic mass is 9.99. The van der Waals surface area contributed by atoms with E-state index in [-0.39, 0.29) is 0 Å². The first-order valence-electron chi connectivity index (χ1n) is 5.13. The molecule has 1 aliphatic rings. The maximum absolute atomic E-state index is 9.02. The Bertz CT molecular complexity index is 173. The molecule has 0 spiro atoms. The fraction of sp³-hybridized carbons (Fsp3) is 0.818. The first-order valence-corrected chi connectivity index (χ1v) is 5.13. The van der Waals surface area contributed by atoms with E-state index in [4.69, 9.17) is 11.5 Å². The zero-order chi connectivity index (χ0) is 9.52. The number of aliphatic hydroxyl groups is 1. The van der Waals surface area contributed by atoms with E-state index >= 15 is 0 Å². The number of hydrogen-bond acceptors (Lipinski definition) is 2. The van der Waals surface area contributed by atoms with Crippen molar-refractivity contribution in [1.82, 2.24) is 4.90 Å². The molecule has 13 heavy (non-hydrogen) atoms. The summed E-state index contributed by atoms with van der Waals surface area (Å²) in [5.74, 6) is 3.16. The molecular formula is C11H19NO. The average molecular weight is 181 g/mol. The van der Waals surface area contributed by atoms with Gasteiger partial charge in [-0.1, -0.05) is 0 Å². The number of nitrogens with zero attached hydrogens (tertiary/aromatic N) is 1. The molecule has 1 heterocycles. The van der Waals surface area contributed by atoms with Crippen LogP contribution in [0.25, 0.3) is 0 Å². The van der Waals surface area contributed by atoms with E-state index in [1.54, 1.807) is 0 Å². The fourth-order valence-corrected chi connectivity index (χ4v) is 1.91. The summed E-state index contributed by atoms with van der Waals surface area (Å²) in [5, 5.41) is 9.02. The first-order chi connectivity index (χ1) is 6.36. The van der Waals surface area contributed by atoms with Crippen molar-refractivity contribution in [3.63, 3.8) is 0 Å². The molecule has 0 amide bonds. The molecule has 1 unspecified atom stereocenters. The summed E-state index contributed by atoms with van der Waals surface area (Å²) in [4.78, 5) is 2.42. The molecule has 1 atom stereocenters. The van der Waals surface area contributed by atoms with Crippen LogP contribution in [0.4, 0.5) is 0 Å². The molecule has 0 aromatic heterocycles. The number of aliphatic hydroxyl groups excluding tert-OH is 1. The lowest BCUT2D eigenvalue weighted by Crippen LogP contribution is -2.37. The predicted octanol–water partition coefficient (Wildman–Crippen LogP) is 1.10. The van der Waals surface area contributed by atoms with Crippen LogP contribution in [0.5, 0.6) is 0 Å². The van der Waals surface area contributed by atoms with Crippen molar-refractivity contribution in [2.75, 3.05) is 26.2 Å². The highest BCUT2D eigenvalue weighted by molar-refractivity contribution is 4.84. The van der Waals surface area contributed by atoms with Gasteiger partial charge in [-0.15, -0.1) is 12.3 Å². The van der Waals surface area contributed by atoms with Crippen molar-refractivity contribution >= 4 is 0 Å². The molecule has 0 aromatic rings. The maximum Gasteiger partial charge on any atom is 0.0471 e. The van der Waals surface area contributed by atoms with E-state index in [1.165, 1.54) is 19.4 Å². The van der Waals surface area contributed by atoms with Gasteiger partial charge in [0.05, 0.1) is 0 Å². The minimum atomic E-state index is 0.339. The Morgan fingerprint density at radius 1 is 1.54 bits per heavy atom. The Kier molecular flexibility index (Phi) is 4.88. The quantitative estimate of drug-likeness (QED) is 0.518. The zero-order valence-electron chi connectivity index (χ0n) is 8.21. The smallest absolute Gasteiger partial charge is 0.0471 e. The summed E-state index contributed by atoms with van der Waals surface area (Å²) < 4.78 is 0. The Balaban J connectivity index is 2.15. The van der Waals surface area contributed by atoms with Gasteiger partial charge in [0.1, 0.15) is 0 Å². The lowest BCUT2D eigenvalue weighted by molar-refractivity contribution is 0.120. The number of terminal acetylenes is 1. The van der Waals surface area contributed by atoms with Gasteiger partial charge in [0.15, 0.2) is 0 Å². The van der Waals surface area contributed by atoms with Gasteiger partial charge in [-0.3, -0.25) is 0 Å². The average Bonchev–Trinajstić information content (AvgIpc) is 2.19. The van der Waals surface area contributed by atoms with Crippen LogP contribution in [0.2, 0.25) is 0 Å². The minimum absolute atomic E-state index is 0.339. The van der Waals surface area contributed by atoms with Gasteiger partial charge < -0.3 is 10.0 Å². The number of likely N-dealkylation sites (tertiary alicyclic amines) is 1. The number of piperidine rings is 1. The lowest BCUT2D eigenvalue weighted by Gasteiger charge is -2.31. The van der Waals surface area contributed by atoms with Gasteiger partial charge in [0.25, 0.3) is 0 Å². The molecule has 74 valence electrons. The second kappa shape index (κ2) is 6.01. The maximum atomic E-state index is 9.02. The molecule has 2 heteroatoms. The summed E-state index contributed by atoms with van der Waals surface area (Å²) >= 11 is 0. The van der Waals surface area contributed by atoms with Crippen molar-refractivity contribution in [2.24, 2.45) is 5.92 Å². The minimum Gasteiger partial charge on any atom is -0.396 e. The summed E-state index contributed by atoms with van der Waals surface area (Å²) in [6, 6.07) is 0. The van der Waals surface area contributed by atoms with Crippen LogP contribution in [0.15, 0.2) is 0 Å². The van der Waals surface area contributed by atoms with Crippen LogP contribution < -0.4 is 0 Å². The summed E-state index contributed by atoms with van der Waals surface area (Å²) in [5.41, 5.74) is 0. The number of hydrogen-bond donors (Lipinski definition) is 1. The van der Waals surface area contributed by atoms with E-state index in [2.05, 4.69) is 10.8 Å². The summed E-state index contributed by atoms with van der Waals surface area (Å²) in [6.45, 7) is 3.68. The van der Waals surface area contributed by atoms with Crippen molar-refractivity contribution in [3.05, 3.63) is 0 Å². The van der Waals surface area contributed by atoms with E-state index in [1.807, 2.05) is 0 Å². The fourth-order valence-electron chi connectivity index (χ4n) is 1.91. The molecule has 1 rings (SSSR count). The van der Waals surface area contributed by atoms with Crippen LogP contribution in [0.3, 0.4) is 0 Å². The van der Waals surface area contributed by atoms with Gasteiger partial charge in [0, 0.05) is 19.6 Å². The van der Waals surface area contributed by atoms with Crippen LogP contribution in [0.1, 0.15) is 25.7 Å². The van der Waals surface area contributed by atoms with Gasteiger partial charge in [0.2, 0.25) is 0 Å². The largest absolute Gasteiger partial charge is 0.396 e. The van der Waals surface area contributed by atoms with Crippen molar-refractivity contribution in [1.29, 1.82) is 0 Å². The first kappa shape index (κ1) is 10.6. The monoisotopic (exact) mass is 181 g/mol. The number of rotatable bonds is 4. The number of unbranched alkanes of at least 4 members (excludes halogenated alkanes) is 1. The van der Waals surface area contributed by atoms with Crippen LogP contribution >= 0.6 is 0 Å². The molecule has 1 fully saturated rings. The molecule has 0 aliphatic carbocycles. The Labute approximate surface area is 80.9 Å².